The van der Waals surface area contributed by atoms with Crippen molar-refractivity contribution in [2.45, 2.75) is 24.3 Å². The van der Waals surface area contributed by atoms with Crippen LogP contribution in [-0.4, -0.2) is 34.6 Å². The zero-order valence-electron chi connectivity index (χ0n) is 15.2. The average molecular weight is 455 g/mol. The van der Waals surface area contributed by atoms with Gasteiger partial charge >= 0.3 is 0 Å². The highest BCUT2D eigenvalue weighted by Crippen LogP contribution is 2.20. The fourth-order valence-electron chi connectivity index (χ4n) is 2.50. The number of nitrogens with one attached hydrogen (secondary N) is 2. The molecule has 0 saturated heterocycles. The summed E-state index contributed by atoms with van der Waals surface area (Å²) in [4.78, 5) is 12.6. The van der Waals surface area contributed by atoms with Crippen molar-refractivity contribution in [1.29, 1.82) is 0 Å². The molecule has 2 aromatic carbocycles. The molecule has 0 aliphatic carbocycles. The van der Waals surface area contributed by atoms with E-state index in [0.29, 0.717) is 5.56 Å². The highest BCUT2D eigenvalue weighted by Gasteiger charge is 2.17. The van der Waals surface area contributed by atoms with Crippen LogP contribution in [0, 0.1) is 0 Å². The van der Waals surface area contributed by atoms with Crippen LogP contribution in [0.3, 0.4) is 0 Å². The molecule has 0 spiro atoms. The molecule has 2 N–H and O–H groups in total. The van der Waals surface area contributed by atoms with E-state index in [0.717, 1.165) is 16.5 Å². The first kappa shape index (κ1) is 21.6. The first-order valence-electron chi connectivity index (χ1n) is 8.52. The van der Waals surface area contributed by atoms with Gasteiger partial charge in [-0.25, -0.2) is 13.1 Å². The second kappa shape index (κ2) is 9.98. The fraction of sp³-hybridized carbons (Fsp3) is 0.316. The van der Waals surface area contributed by atoms with Crippen LogP contribution < -0.4 is 10.0 Å². The van der Waals surface area contributed by atoms with Crippen molar-refractivity contribution < 1.29 is 17.9 Å². The Kier molecular flexibility index (Phi) is 7.97. The average Bonchev–Trinajstić information content (AvgIpc) is 2.67. The zero-order chi connectivity index (χ0) is 19.9. The number of amides is 1. The van der Waals surface area contributed by atoms with Crippen LogP contribution in [-0.2, 0) is 14.8 Å². The van der Waals surface area contributed by atoms with Crippen molar-refractivity contribution in [3.8, 4) is 0 Å². The lowest BCUT2D eigenvalue weighted by molar-refractivity contribution is 0.0935. The number of benzene rings is 2. The van der Waals surface area contributed by atoms with Gasteiger partial charge in [0.2, 0.25) is 10.0 Å². The first-order chi connectivity index (χ1) is 12.9. The predicted octanol–water partition coefficient (Wildman–Crippen LogP) is 3.25. The van der Waals surface area contributed by atoms with Gasteiger partial charge in [0, 0.05) is 23.7 Å². The van der Waals surface area contributed by atoms with Gasteiger partial charge in [-0.15, -0.1) is 0 Å². The van der Waals surface area contributed by atoms with Gasteiger partial charge in [-0.3, -0.25) is 4.79 Å². The maximum absolute atomic E-state index is 12.5. The third kappa shape index (κ3) is 6.14. The number of carbonyl (C=O) groups excluding carboxylic acids is 1. The molecule has 0 aliphatic heterocycles. The van der Waals surface area contributed by atoms with Crippen LogP contribution in [0.2, 0.25) is 0 Å². The van der Waals surface area contributed by atoms with Crippen molar-refractivity contribution in [1.82, 2.24) is 10.0 Å². The summed E-state index contributed by atoms with van der Waals surface area (Å²) in [6, 6.07) is 13.5. The van der Waals surface area contributed by atoms with E-state index in [1.165, 1.54) is 31.4 Å². The molecular formula is C19H23BrN2O4S. The summed E-state index contributed by atoms with van der Waals surface area (Å²) in [5, 5.41) is 2.98. The lowest BCUT2D eigenvalue weighted by atomic mass is 10.0. The molecule has 0 heterocycles. The smallest absolute Gasteiger partial charge is 0.251 e. The molecule has 2 rings (SSSR count). The van der Waals surface area contributed by atoms with Crippen molar-refractivity contribution >= 4 is 31.9 Å². The molecular weight excluding hydrogens is 432 g/mol. The number of sulfonamides is 1. The van der Waals surface area contributed by atoms with Crippen molar-refractivity contribution in [2.24, 2.45) is 0 Å². The third-order valence-electron chi connectivity index (χ3n) is 4.01. The number of hydrogen-bond acceptors (Lipinski definition) is 4. The molecule has 6 nitrogen and oxygen atoms in total. The molecule has 2 aromatic rings. The summed E-state index contributed by atoms with van der Waals surface area (Å²) in [6.07, 6.45) is 0.739. The molecule has 27 heavy (non-hydrogen) atoms. The van der Waals surface area contributed by atoms with Crippen molar-refractivity contribution in [3.63, 3.8) is 0 Å². The second-order valence-electron chi connectivity index (χ2n) is 5.90. The molecule has 0 fully saturated rings. The summed E-state index contributed by atoms with van der Waals surface area (Å²) in [5.74, 6) is -0.249. The fourth-order valence-corrected chi connectivity index (χ4v) is 3.78. The van der Waals surface area contributed by atoms with Crippen LogP contribution in [0.1, 0.15) is 35.3 Å². The van der Waals surface area contributed by atoms with Crippen LogP contribution in [0.15, 0.2) is 57.9 Å². The summed E-state index contributed by atoms with van der Waals surface area (Å²) in [7, 11) is -2.12. The van der Waals surface area contributed by atoms with E-state index in [1.807, 2.05) is 31.2 Å². The zero-order valence-corrected chi connectivity index (χ0v) is 17.6. The minimum Gasteiger partial charge on any atom is -0.383 e. The Morgan fingerprint density at radius 2 is 1.74 bits per heavy atom. The van der Waals surface area contributed by atoms with Gasteiger partial charge < -0.3 is 10.1 Å². The van der Waals surface area contributed by atoms with E-state index in [9.17, 15) is 13.2 Å². The number of ether oxygens (including phenoxy) is 1. The molecule has 1 unspecified atom stereocenters. The Balaban J connectivity index is 2.07. The van der Waals surface area contributed by atoms with Gasteiger partial charge in [-0.1, -0.05) is 35.0 Å². The number of methoxy groups -OCH3 is 1. The SMILES string of the molecule is CCC(NC(=O)c1ccc(S(=O)(=O)NCCOC)cc1)c1ccc(Br)cc1. The molecule has 0 bridgehead atoms. The van der Waals surface area contributed by atoms with Gasteiger partial charge in [0.15, 0.2) is 0 Å². The number of hydrogen-bond donors (Lipinski definition) is 2. The van der Waals surface area contributed by atoms with E-state index in [1.54, 1.807) is 0 Å². The molecule has 0 aliphatic rings. The summed E-state index contributed by atoms with van der Waals surface area (Å²) >= 11 is 3.40. The summed E-state index contributed by atoms with van der Waals surface area (Å²) in [5.41, 5.74) is 1.41. The molecule has 146 valence electrons. The molecule has 8 heteroatoms. The summed E-state index contributed by atoms with van der Waals surface area (Å²) < 4.78 is 32.5. The molecule has 0 radical (unpaired) electrons. The Hall–Kier alpha value is -1.74. The number of halogens is 1. The van der Waals surface area contributed by atoms with Crippen molar-refractivity contribution in [2.75, 3.05) is 20.3 Å². The highest BCUT2D eigenvalue weighted by atomic mass is 79.9. The van der Waals surface area contributed by atoms with E-state index >= 15 is 0 Å². The van der Waals surface area contributed by atoms with E-state index < -0.39 is 10.0 Å². The lowest BCUT2D eigenvalue weighted by Gasteiger charge is -2.18. The Bertz CT molecular complexity index is 852. The van der Waals surface area contributed by atoms with Gasteiger partial charge in [0.05, 0.1) is 17.5 Å². The minimum atomic E-state index is -3.62. The quantitative estimate of drug-likeness (QED) is 0.569. The van der Waals surface area contributed by atoms with E-state index in [-0.39, 0.29) is 30.0 Å². The van der Waals surface area contributed by atoms with Crippen LogP contribution in [0.4, 0.5) is 0 Å². The normalized spacial score (nSPS) is 12.6. The summed E-state index contributed by atoms with van der Waals surface area (Å²) in [6.45, 7) is 2.47. The maximum atomic E-state index is 12.5. The largest absolute Gasteiger partial charge is 0.383 e. The van der Waals surface area contributed by atoms with Gasteiger partial charge in [0.1, 0.15) is 0 Å². The second-order valence-corrected chi connectivity index (χ2v) is 8.58. The standard InChI is InChI=1S/C19H23BrN2O4S/c1-3-18(14-4-8-16(20)9-5-14)22-19(23)15-6-10-17(11-7-15)27(24,25)21-12-13-26-2/h4-11,18,21H,3,12-13H2,1-2H3,(H,22,23). The topological polar surface area (TPSA) is 84.5 Å². The third-order valence-corrected chi connectivity index (χ3v) is 6.02. The van der Waals surface area contributed by atoms with E-state index in [2.05, 4.69) is 26.0 Å². The number of rotatable bonds is 9. The predicted molar refractivity (Wildman–Crippen MR) is 108 cm³/mol. The molecule has 0 saturated carbocycles. The Morgan fingerprint density at radius 3 is 2.30 bits per heavy atom. The minimum absolute atomic E-state index is 0.107. The highest BCUT2D eigenvalue weighted by molar-refractivity contribution is 9.10. The first-order valence-corrected chi connectivity index (χ1v) is 10.8. The molecule has 0 aromatic heterocycles. The maximum Gasteiger partial charge on any atom is 0.251 e. The molecule has 1 amide bonds. The van der Waals surface area contributed by atoms with Crippen LogP contribution in [0.5, 0.6) is 0 Å². The van der Waals surface area contributed by atoms with E-state index in [4.69, 9.17) is 4.74 Å². The number of carbonyl (C=O) groups is 1. The van der Waals surface area contributed by atoms with Gasteiger partial charge in [-0.2, -0.15) is 0 Å². The lowest BCUT2D eigenvalue weighted by Crippen LogP contribution is -2.29. The van der Waals surface area contributed by atoms with Crippen LogP contribution in [0.25, 0.3) is 0 Å². The van der Waals surface area contributed by atoms with Crippen LogP contribution >= 0.6 is 15.9 Å². The van der Waals surface area contributed by atoms with Gasteiger partial charge in [-0.05, 0) is 48.4 Å². The van der Waals surface area contributed by atoms with Crippen molar-refractivity contribution in [3.05, 3.63) is 64.1 Å². The monoisotopic (exact) mass is 454 g/mol. The molecule has 1 atom stereocenters. The van der Waals surface area contributed by atoms with Gasteiger partial charge in [0.25, 0.3) is 5.91 Å². The Labute approximate surface area is 168 Å². The Morgan fingerprint density at radius 1 is 1.11 bits per heavy atom.